The second-order valence-electron chi connectivity index (χ2n) is 6.81. The molecule has 0 radical (unpaired) electrons. The minimum Gasteiger partial charge on any atom is -0.454 e. The molecular weight excluding hydrogens is 380 g/mol. The molecule has 1 aliphatic heterocycles. The second-order valence-corrected chi connectivity index (χ2v) is 8.67. The van der Waals surface area contributed by atoms with E-state index in [2.05, 4.69) is 5.32 Å². The minimum atomic E-state index is -3.68. The number of ether oxygens (including phenoxy) is 2. The van der Waals surface area contributed by atoms with E-state index in [0.717, 1.165) is 17.4 Å². The van der Waals surface area contributed by atoms with Gasteiger partial charge in [-0.3, -0.25) is 9.10 Å². The van der Waals surface area contributed by atoms with E-state index in [4.69, 9.17) is 9.47 Å². The van der Waals surface area contributed by atoms with Gasteiger partial charge in [0.1, 0.15) is 6.04 Å². The van der Waals surface area contributed by atoms with Gasteiger partial charge in [-0.2, -0.15) is 0 Å². The molecule has 1 heterocycles. The molecule has 3 rings (SSSR count). The van der Waals surface area contributed by atoms with Gasteiger partial charge in [-0.05, 0) is 55.7 Å². The second kappa shape index (κ2) is 7.71. The lowest BCUT2D eigenvalue weighted by atomic mass is 10.1. The third-order valence-corrected chi connectivity index (χ3v) is 5.89. The maximum atomic E-state index is 13.0. The third-order valence-electron chi connectivity index (χ3n) is 4.71. The first kappa shape index (κ1) is 20.0. The molecule has 2 aromatic carbocycles. The Kier molecular flexibility index (Phi) is 5.51. The van der Waals surface area contributed by atoms with Crippen molar-refractivity contribution in [2.45, 2.75) is 33.2 Å². The quantitative estimate of drug-likeness (QED) is 0.799. The number of nitrogens with zero attached hydrogens (tertiary/aromatic N) is 1. The van der Waals surface area contributed by atoms with Gasteiger partial charge in [0, 0.05) is 11.8 Å². The van der Waals surface area contributed by atoms with Crippen LogP contribution in [0.25, 0.3) is 0 Å². The Morgan fingerprint density at radius 2 is 1.82 bits per heavy atom. The predicted octanol–water partition coefficient (Wildman–Crippen LogP) is 3.22. The number of hydrogen-bond acceptors (Lipinski definition) is 5. The van der Waals surface area contributed by atoms with Crippen molar-refractivity contribution in [2.75, 3.05) is 22.7 Å². The Bertz CT molecular complexity index is 1000. The van der Waals surface area contributed by atoms with Crippen molar-refractivity contribution >= 4 is 27.3 Å². The molecule has 0 aliphatic carbocycles. The van der Waals surface area contributed by atoms with Crippen LogP contribution in [-0.4, -0.2) is 33.4 Å². The van der Waals surface area contributed by atoms with Crippen LogP contribution in [0.4, 0.5) is 11.4 Å². The summed E-state index contributed by atoms with van der Waals surface area (Å²) in [5.41, 5.74) is 2.99. The molecular formula is C20H24N2O5S. The monoisotopic (exact) mass is 404 g/mol. The van der Waals surface area contributed by atoms with Crippen molar-refractivity contribution in [1.29, 1.82) is 0 Å². The van der Waals surface area contributed by atoms with Crippen molar-refractivity contribution in [3.63, 3.8) is 0 Å². The van der Waals surface area contributed by atoms with E-state index < -0.39 is 22.0 Å². The van der Waals surface area contributed by atoms with Crippen molar-refractivity contribution in [3.05, 3.63) is 47.5 Å². The summed E-state index contributed by atoms with van der Waals surface area (Å²) in [6.07, 6.45) is 1.43. The molecule has 0 fully saturated rings. The highest BCUT2D eigenvalue weighted by Crippen LogP contribution is 2.34. The SMILES string of the molecule is CC[C@@H](C(=O)Nc1ccc2c(c1)OCO2)N(c1ccc(C)c(C)c1)S(C)(=O)=O. The first-order chi connectivity index (χ1) is 13.2. The summed E-state index contributed by atoms with van der Waals surface area (Å²) in [4.78, 5) is 13.0. The van der Waals surface area contributed by atoms with Gasteiger partial charge >= 0.3 is 0 Å². The summed E-state index contributed by atoms with van der Waals surface area (Å²) in [7, 11) is -3.68. The van der Waals surface area contributed by atoms with Crippen LogP contribution in [0.2, 0.25) is 0 Å². The minimum absolute atomic E-state index is 0.138. The predicted molar refractivity (Wildman–Crippen MR) is 109 cm³/mol. The maximum Gasteiger partial charge on any atom is 0.248 e. The van der Waals surface area contributed by atoms with Crippen molar-refractivity contribution in [3.8, 4) is 11.5 Å². The topological polar surface area (TPSA) is 84.9 Å². The summed E-state index contributed by atoms with van der Waals surface area (Å²) in [6.45, 7) is 5.78. The third kappa shape index (κ3) is 4.06. The highest BCUT2D eigenvalue weighted by atomic mass is 32.2. The molecule has 150 valence electrons. The summed E-state index contributed by atoms with van der Waals surface area (Å²) >= 11 is 0. The van der Waals surface area contributed by atoms with E-state index in [-0.39, 0.29) is 6.79 Å². The van der Waals surface area contributed by atoms with Crippen molar-refractivity contribution in [1.82, 2.24) is 0 Å². The van der Waals surface area contributed by atoms with Crippen LogP contribution in [0.15, 0.2) is 36.4 Å². The number of sulfonamides is 1. The molecule has 0 aromatic heterocycles. The van der Waals surface area contributed by atoms with Crippen LogP contribution in [0, 0.1) is 13.8 Å². The van der Waals surface area contributed by atoms with Crippen molar-refractivity contribution in [2.24, 2.45) is 0 Å². The lowest BCUT2D eigenvalue weighted by Gasteiger charge is -2.30. The van der Waals surface area contributed by atoms with E-state index in [1.165, 1.54) is 4.31 Å². The summed E-state index contributed by atoms with van der Waals surface area (Å²) in [5, 5.41) is 2.79. The Hall–Kier alpha value is -2.74. The average Bonchev–Trinajstić information content (AvgIpc) is 3.08. The molecule has 1 N–H and O–H groups in total. The smallest absolute Gasteiger partial charge is 0.248 e. The summed E-state index contributed by atoms with van der Waals surface area (Å²) in [5.74, 6) is 0.739. The first-order valence-corrected chi connectivity index (χ1v) is 10.8. The van der Waals surface area contributed by atoms with Crippen LogP contribution in [-0.2, 0) is 14.8 Å². The van der Waals surface area contributed by atoms with E-state index in [9.17, 15) is 13.2 Å². The van der Waals surface area contributed by atoms with Gasteiger partial charge in [-0.25, -0.2) is 8.42 Å². The number of fused-ring (bicyclic) bond motifs is 1. The highest BCUT2D eigenvalue weighted by Gasteiger charge is 2.32. The number of benzene rings is 2. The van der Waals surface area contributed by atoms with E-state index in [1.54, 1.807) is 37.3 Å². The number of rotatable bonds is 6. The zero-order chi connectivity index (χ0) is 20.5. The molecule has 0 unspecified atom stereocenters. The van der Waals surface area contributed by atoms with Crippen LogP contribution < -0.4 is 19.1 Å². The normalized spacial score (nSPS) is 13.9. The number of nitrogens with one attached hydrogen (secondary N) is 1. The molecule has 1 atom stereocenters. The van der Waals surface area contributed by atoms with E-state index in [1.807, 2.05) is 19.9 Å². The highest BCUT2D eigenvalue weighted by molar-refractivity contribution is 7.92. The number of aryl methyl sites for hydroxylation is 2. The standard InChI is InChI=1S/C20H24N2O5S/c1-5-17(20(23)21-15-7-9-18-19(11-15)27-12-26-18)22(28(4,24)25)16-8-6-13(2)14(3)10-16/h6-11,17H,5,12H2,1-4H3,(H,21,23)/t17-/m0/s1. The fraction of sp³-hybridized carbons (Fsp3) is 0.350. The lowest BCUT2D eigenvalue weighted by Crippen LogP contribution is -2.47. The zero-order valence-corrected chi connectivity index (χ0v) is 17.2. The molecule has 2 aromatic rings. The largest absolute Gasteiger partial charge is 0.454 e. The Labute approximate surface area is 165 Å². The molecule has 7 nitrogen and oxygen atoms in total. The first-order valence-electron chi connectivity index (χ1n) is 8.98. The lowest BCUT2D eigenvalue weighted by molar-refractivity contribution is -0.117. The van der Waals surface area contributed by atoms with E-state index in [0.29, 0.717) is 29.3 Å². The summed E-state index contributed by atoms with van der Waals surface area (Å²) < 4.78 is 36.9. The fourth-order valence-electron chi connectivity index (χ4n) is 3.12. The summed E-state index contributed by atoms with van der Waals surface area (Å²) in [6, 6.07) is 9.53. The number of hydrogen-bond donors (Lipinski definition) is 1. The average molecular weight is 404 g/mol. The maximum absolute atomic E-state index is 13.0. The molecule has 0 saturated heterocycles. The zero-order valence-electron chi connectivity index (χ0n) is 16.4. The van der Waals surface area contributed by atoms with Gasteiger partial charge in [-0.1, -0.05) is 13.0 Å². The number of anilines is 2. The van der Waals surface area contributed by atoms with Gasteiger partial charge in [0.15, 0.2) is 11.5 Å². The fourth-order valence-corrected chi connectivity index (χ4v) is 4.33. The van der Waals surface area contributed by atoms with Crippen LogP contribution >= 0.6 is 0 Å². The number of carbonyl (C=O) groups is 1. The van der Waals surface area contributed by atoms with E-state index >= 15 is 0 Å². The Balaban J connectivity index is 1.91. The molecule has 1 aliphatic rings. The Morgan fingerprint density at radius 1 is 1.11 bits per heavy atom. The molecule has 0 saturated carbocycles. The van der Waals surface area contributed by atoms with Crippen LogP contribution in [0.3, 0.4) is 0 Å². The van der Waals surface area contributed by atoms with Gasteiger partial charge in [0.25, 0.3) is 0 Å². The van der Waals surface area contributed by atoms with Gasteiger partial charge in [-0.15, -0.1) is 0 Å². The molecule has 0 spiro atoms. The number of carbonyl (C=O) groups excluding carboxylic acids is 1. The van der Waals surface area contributed by atoms with Gasteiger partial charge < -0.3 is 14.8 Å². The number of amides is 1. The van der Waals surface area contributed by atoms with Crippen LogP contribution in [0.1, 0.15) is 24.5 Å². The molecule has 8 heteroatoms. The van der Waals surface area contributed by atoms with Gasteiger partial charge in [0.2, 0.25) is 22.7 Å². The van der Waals surface area contributed by atoms with Gasteiger partial charge in [0.05, 0.1) is 11.9 Å². The molecule has 1 amide bonds. The molecule has 28 heavy (non-hydrogen) atoms. The molecule has 0 bridgehead atoms. The Morgan fingerprint density at radius 3 is 2.46 bits per heavy atom. The van der Waals surface area contributed by atoms with Crippen molar-refractivity contribution < 1.29 is 22.7 Å². The van der Waals surface area contributed by atoms with Crippen LogP contribution in [0.5, 0.6) is 11.5 Å².